The third kappa shape index (κ3) is 8.32. The second-order valence-corrected chi connectivity index (χ2v) is 5.84. The molecule has 0 aliphatic rings. The molecule has 6 nitrogen and oxygen atoms in total. The van der Waals surface area contributed by atoms with Gasteiger partial charge >= 0.3 is 0 Å². The molecule has 1 rings (SSSR count). The van der Waals surface area contributed by atoms with E-state index in [2.05, 4.69) is 11.1 Å². The van der Waals surface area contributed by atoms with Crippen molar-refractivity contribution in [3.05, 3.63) is 29.8 Å². The summed E-state index contributed by atoms with van der Waals surface area (Å²) in [6.45, 7) is 3.59. The van der Waals surface area contributed by atoms with Crippen LogP contribution in [-0.4, -0.2) is 31.0 Å². The SMILES string of the molecule is Cc1ccc(NC(=O)C[C@@H]([NH2+]CCCCCC[NH3+])C(=O)[O-])cc1. The molecule has 0 spiro atoms. The number of anilines is 1. The zero-order valence-electron chi connectivity index (χ0n) is 13.8. The van der Waals surface area contributed by atoms with Gasteiger partial charge in [-0.1, -0.05) is 17.7 Å². The molecule has 0 fully saturated rings. The van der Waals surface area contributed by atoms with Gasteiger partial charge in [-0.05, 0) is 44.7 Å². The van der Waals surface area contributed by atoms with Gasteiger partial charge in [-0.15, -0.1) is 0 Å². The van der Waals surface area contributed by atoms with Crippen molar-refractivity contribution >= 4 is 17.6 Å². The van der Waals surface area contributed by atoms with Crippen molar-refractivity contribution in [1.29, 1.82) is 0 Å². The Bertz CT molecular complexity index is 488. The highest BCUT2D eigenvalue weighted by atomic mass is 16.4. The minimum absolute atomic E-state index is 0.0882. The Morgan fingerprint density at radius 3 is 2.43 bits per heavy atom. The molecule has 0 saturated heterocycles. The number of benzene rings is 1. The van der Waals surface area contributed by atoms with Crippen LogP contribution in [0.2, 0.25) is 0 Å². The van der Waals surface area contributed by atoms with Gasteiger partial charge in [0.15, 0.2) is 0 Å². The van der Waals surface area contributed by atoms with Gasteiger partial charge in [0, 0.05) is 5.69 Å². The number of aliphatic carboxylic acids is 1. The molecule has 6 heteroatoms. The van der Waals surface area contributed by atoms with Gasteiger partial charge < -0.3 is 26.3 Å². The number of nitrogens with one attached hydrogen (secondary N) is 1. The zero-order valence-corrected chi connectivity index (χ0v) is 13.8. The quantitative estimate of drug-likeness (QED) is 0.445. The van der Waals surface area contributed by atoms with Crippen LogP contribution in [0.1, 0.15) is 37.7 Å². The standard InChI is InChI=1S/C17H27N3O3/c1-13-6-8-14(9-7-13)20-16(21)12-15(17(22)23)19-11-5-3-2-4-10-18/h6-9,15,19H,2-5,10-12,18H2,1H3,(H,20,21)(H,22,23)/p+1/t15-/m1/s1. The average molecular weight is 322 g/mol. The fourth-order valence-electron chi connectivity index (χ4n) is 2.31. The highest BCUT2D eigenvalue weighted by molar-refractivity contribution is 5.93. The van der Waals surface area contributed by atoms with E-state index in [1.54, 1.807) is 17.4 Å². The van der Waals surface area contributed by atoms with Crippen molar-refractivity contribution in [2.24, 2.45) is 0 Å². The number of nitrogens with two attached hydrogens (primary N) is 1. The topological polar surface area (TPSA) is 113 Å². The average Bonchev–Trinajstić information content (AvgIpc) is 2.51. The van der Waals surface area contributed by atoms with E-state index in [1.165, 1.54) is 0 Å². The monoisotopic (exact) mass is 322 g/mol. The molecular formula is C17H28N3O3+. The van der Waals surface area contributed by atoms with Crippen LogP contribution in [0.5, 0.6) is 0 Å². The summed E-state index contributed by atoms with van der Waals surface area (Å²) in [6.07, 6.45) is 4.11. The van der Waals surface area contributed by atoms with Crippen molar-refractivity contribution in [3.63, 3.8) is 0 Å². The maximum absolute atomic E-state index is 12.0. The summed E-state index contributed by atoms with van der Waals surface area (Å²) in [5.74, 6) is -1.50. The summed E-state index contributed by atoms with van der Waals surface area (Å²) >= 11 is 0. The predicted molar refractivity (Wildman–Crippen MR) is 86.2 cm³/mol. The van der Waals surface area contributed by atoms with Gasteiger partial charge in [-0.25, -0.2) is 0 Å². The zero-order chi connectivity index (χ0) is 17.1. The van der Waals surface area contributed by atoms with Crippen LogP contribution >= 0.6 is 0 Å². The summed E-state index contributed by atoms with van der Waals surface area (Å²) in [6, 6.07) is 6.54. The van der Waals surface area contributed by atoms with E-state index >= 15 is 0 Å². The first-order chi connectivity index (χ1) is 11.0. The summed E-state index contributed by atoms with van der Waals surface area (Å²) in [5.41, 5.74) is 5.56. The van der Waals surface area contributed by atoms with Gasteiger partial charge in [0.25, 0.3) is 0 Å². The number of carbonyl (C=O) groups is 2. The smallest absolute Gasteiger partial charge is 0.230 e. The molecule has 0 unspecified atom stereocenters. The minimum Gasteiger partial charge on any atom is -0.544 e. The number of quaternary nitrogens is 2. The fraction of sp³-hybridized carbons (Fsp3) is 0.529. The van der Waals surface area contributed by atoms with E-state index in [0.717, 1.165) is 37.8 Å². The number of hydrogen-bond donors (Lipinski definition) is 3. The number of carbonyl (C=O) groups excluding carboxylic acids is 2. The molecule has 1 atom stereocenters. The molecule has 0 aliphatic heterocycles. The van der Waals surface area contributed by atoms with E-state index in [4.69, 9.17) is 0 Å². The Kier molecular flexibility index (Phi) is 8.94. The second-order valence-electron chi connectivity index (χ2n) is 5.84. The third-order valence-corrected chi connectivity index (χ3v) is 3.70. The van der Waals surface area contributed by atoms with Crippen LogP contribution in [0.25, 0.3) is 0 Å². The number of carboxylic acid groups (broad SMARTS) is 1. The van der Waals surface area contributed by atoms with Crippen LogP contribution in [0.3, 0.4) is 0 Å². The van der Waals surface area contributed by atoms with Crippen molar-refractivity contribution in [3.8, 4) is 0 Å². The van der Waals surface area contributed by atoms with Crippen LogP contribution in [-0.2, 0) is 9.59 Å². The van der Waals surface area contributed by atoms with Crippen molar-refractivity contribution in [2.75, 3.05) is 18.4 Å². The Balaban J connectivity index is 2.35. The fourth-order valence-corrected chi connectivity index (χ4v) is 2.31. The summed E-state index contributed by atoms with van der Waals surface area (Å²) in [4.78, 5) is 23.1. The molecule has 0 aliphatic carbocycles. The molecule has 6 N–H and O–H groups in total. The van der Waals surface area contributed by atoms with E-state index < -0.39 is 12.0 Å². The van der Waals surface area contributed by atoms with E-state index in [9.17, 15) is 14.7 Å². The summed E-state index contributed by atoms with van der Waals surface area (Å²) in [7, 11) is 0. The first kappa shape index (κ1) is 19.1. The molecule has 1 aromatic rings. The van der Waals surface area contributed by atoms with Crippen LogP contribution in [0.15, 0.2) is 24.3 Å². The molecule has 128 valence electrons. The van der Waals surface area contributed by atoms with E-state index in [-0.39, 0.29) is 12.3 Å². The Morgan fingerprint density at radius 1 is 1.17 bits per heavy atom. The lowest BCUT2D eigenvalue weighted by atomic mass is 10.1. The molecule has 0 saturated carbocycles. The van der Waals surface area contributed by atoms with Gasteiger partial charge in [-0.3, -0.25) is 4.79 Å². The van der Waals surface area contributed by atoms with Crippen LogP contribution < -0.4 is 21.5 Å². The molecule has 0 bridgehead atoms. The number of carboxylic acids is 1. The lowest BCUT2D eigenvalue weighted by molar-refractivity contribution is -0.682. The number of amides is 1. The van der Waals surface area contributed by atoms with Gasteiger partial charge in [0.2, 0.25) is 5.91 Å². The normalized spacial score (nSPS) is 11.9. The van der Waals surface area contributed by atoms with Gasteiger partial charge in [0.05, 0.1) is 25.5 Å². The van der Waals surface area contributed by atoms with Gasteiger partial charge in [0.1, 0.15) is 6.04 Å². The van der Waals surface area contributed by atoms with Gasteiger partial charge in [-0.2, -0.15) is 0 Å². The summed E-state index contributed by atoms with van der Waals surface area (Å²) in [5, 5.41) is 15.6. The Labute approximate surface area is 137 Å². The lowest BCUT2D eigenvalue weighted by Gasteiger charge is -2.16. The molecule has 0 aromatic heterocycles. The third-order valence-electron chi connectivity index (χ3n) is 3.70. The molecular weight excluding hydrogens is 294 g/mol. The van der Waals surface area contributed by atoms with E-state index in [0.29, 0.717) is 12.2 Å². The second kappa shape index (κ2) is 10.7. The Hall–Kier alpha value is -1.92. The maximum Gasteiger partial charge on any atom is 0.230 e. The number of hydrogen-bond acceptors (Lipinski definition) is 3. The molecule has 0 heterocycles. The highest BCUT2D eigenvalue weighted by Gasteiger charge is 2.18. The van der Waals surface area contributed by atoms with Crippen molar-refractivity contribution < 1.29 is 25.7 Å². The minimum atomic E-state index is -1.19. The first-order valence-corrected chi connectivity index (χ1v) is 8.23. The Morgan fingerprint density at radius 2 is 1.83 bits per heavy atom. The number of aryl methyl sites for hydroxylation is 1. The molecule has 0 radical (unpaired) electrons. The summed E-state index contributed by atoms with van der Waals surface area (Å²) < 4.78 is 0. The molecule has 1 amide bonds. The molecule has 1 aromatic carbocycles. The number of rotatable bonds is 11. The van der Waals surface area contributed by atoms with E-state index in [1.807, 2.05) is 19.1 Å². The lowest BCUT2D eigenvalue weighted by Crippen LogP contribution is -2.93. The highest BCUT2D eigenvalue weighted by Crippen LogP contribution is 2.09. The predicted octanol–water partition coefficient (Wildman–Crippen LogP) is -1.19. The van der Waals surface area contributed by atoms with Crippen molar-refractivity contribution in [1.82, 2.24) is 0 Å². The van der Waals surface area contributed by atoms with Crippen LogP contribution in [0.4, 0.5) is 5.69 Å². The van der Waals surface area contributed by atoms with Crippen LogP contribution in [0, 0.1) is 6.92 Å². The molecule has 23 heavy (non-hydrogen) atoms. The first-order valence-electron chi connectivity index (χ1n) is 8.23. The van der Waals surface area contributed by atoms with Crippen molar-refractivity contribution in [2.45, 2.75) is 45.1 Å². The largest absolute Gasteiger partial charge is 0.544 e. The maximum atomic E-state index is 12.0. The number of unbranched alkanes of at least 4 members (excludes halogenated alkanes) is 3.